The third-order valence-electron chi connectivity index (χ3n) is 6.34. The lowest BCUT2D eigenvalue weighted by Crippen LogP contribution is -2.40. The number of hydrogen-bond acceptors (Lipinski definition) is 4. The molecule has 2 aliphatic heterocycles. The van der Waals surface area contributed by atoms with Crippen LogP contribution in [0.1, 0.15) is 25.3 Å². The van der Waals surface area contributed by atoms with Gasteiger partial charge in [-0.3, -0.25) is 9.59 Å². The van der Waals surface area contributed by atoms with E-state index in [9.17, 15) is 9.59 Å². The van der Waals surface area contributed by atoms with Gasteiger partial charge < -0.3 is 0 Å². The van der Waals surface area contributed by atoms with Crippen LogP contribution < -0.4 is 10.0 Å². The van der Waals surface area contributed by atoms with E-state index in [1.165, 1.54) is 10.0 Å². The fraction of sp³-hybridized carbons (Fsp3) is 0.185. The van der Waals surface area contributed by atoms with Gasteiger partial charge in [0.2, 0.25) is 0 Å². The van der Waals surface area contributed by atoms with Crippen molar-refractivity contribution in [2.24, 2.45) is 22.0 Å². The predicted octanol–water partition coefficient (Wildman–Crippen LogP) is 5.61. The summed E-state index contributed by atoms with van der Waals surface area (Å²) in [5.74, 6) is -1.90. The molecule has 7 heteroatoms. The number of para-hydroxylation sites is 2. The summed E-state index contributed by atoms with van der Waals surface area (Å²) in [5.41, 5.74) is 3.67. The van der Waals surface area contributed by atoms with Gasteiger partial charge in [0, 0.05) is 21.8 Å². The van der Waals surface area contributed by atoms with Crippen LogP contribution in [0.5, 0.6) is 0 Å². The zero-order valence-corrected chi connectivity index (χ0v) is 20.4. The summed E-state index contributed by atoms with van der Waals surface area (Å²) in [4.78, 5) is 27.5. The Labute approximate surface area is 206 Å². The summed E-state index contributed by atoms with van der Waals surface area (Å²) in [5, 5.41) is 12.1. The van der Waals surface area contributed by atoms with Crippen molar-refractivity contribution in [1.29, 1.82) is 0 Å². The van der Waals surface area contributed by atoms with Crippen LogP contribution in [-0.2, 0) is 9.59 Å². The minimum Gasteiger partial charge on any atom is -0.272 e. The summed E-state index contributed by atoms with van der Waals surface area (Å²) in [6.45, 7) is 3.72. The summed E-state index contributed by atoms with van der Waals surface area (Å²) in [6, 6.07) is 26.5. The molecule has 1 unspecified atom stereocenters. The first-order valence-electron chi connectivity index (χ1n) is 11.1. The first kappa shape index (κ1) is 22.2. The number of amides is 2. The Morgan fingerprint density at radius 1 is 0.676 bits per heavy atom. The second-order valence-electron chi connectivity index (χ2n) is 8.49. The molecule has 6 nitrogen and oxygen atoms in total. The smallest absolute Gasteiger partial charge is 0.256 e. The van der Waals surface area contributed by atoms with E-state index in [4.69, 9.17) is 0 Å². The Balaban J connectivity index is 1.57. The van der Waals surface area contributed by atoms with Gasteiger partial charge in [0.15, 0.2) is 0 Å². The zero-order valence-electron chi connectivity index (χ0n) is 18.8. The SMILES string of the molecule is CC1=NN(c2ccccc2)C(=O)[C@H]1C(c1ccc(Br)cc1)[C@H]1C(=O)N(c2ccccc2)N=C1C. The molecule has 0 aromatic heterocycles. The molecule has 34 heavy (non-hydrogen) atoms. The topological polar surface area (TPSA) is 65.3 Å². The number of hydrazone groups is 2. The second kappa shape index (κ2) is 8.99. The molecule has 2 amide bonds. The molecule has 0 radical (unpaired) electrons. The molecule has 2 aliphatic rings. The van der Waals surface area contributed by atoms with E-state index < -0.39 is 17.8 Å². The van der Waals surface area contributed by atoms with Gasteiger partial charge in [0.25, 0.3) is 11.8 Å². The average Bonchev–Trinajstić information content (AvgIpc) is 3.32. The van der Waals surface area contributed by atoms with Crippen molar-refractivity contribution < 1.29 is 9.59 Å². The fourth-order valence-corrected chi connectivity index (χ4v) is 5.02. The maximum Gasteiger partial charge on any atom is 0.256 e. The zero-order chi connectivity index (χ0) is 23.8. The standard InChI is InChI=1S/C27H23BrN4O2/c1-17-23(26(33)31(29-17)21-9-5-3-6-10-21)25(19-13-15-20(28)16-14-19)24-18(2)30-32(27(24)34)22-11-7-4-8-12-22/h3-16,23-25H,1-2H3/t23-,24+,25?. The number of nitrogens with zero attached hydrogens (tertiary/aromatic N) is 4. The van der Waals surface area contributed by atoms with Crippen molar-refractivity contribution in [3.05, 3.63) is 95.0 Å². The van der Waals surface area contributed by atoms with Gasteiger partial charge in [-0.05, 0) is 55.8 Å². The summed E-state index contributed by atoms with van der Waals surface area (Å²) in [7, 11) is 0. The van der Waals surface area contributed by atoms with Gasteiger partial charge >= 0.3 is 0 Å². The van der Waals surface area contributed by atoms with E-state index in [2.05, 4.69) is 26.1 Å². The van der Waals surface area contributed by atoms with Crippen molar-refractivity contribution in [3.8, 4) is 0 Å². The van der Waals surface area contributed by atoms with Crippen molar-refractivity contribution in [3.63, 3.8) is 0 Å². The maximum absolute atomic E-state index is 13.8. The van der Waals surface area contributed by atoms with Crippen molar-refractivity contribution >= 4 is 50.5 Å². The number of benzene rings is 3. The summed E-state index contributed by atoms with van der Waals surface area (Å²) in [6.07, 6.45) is 0. The van der Waals surface area contributed by atoms with Gasteiger partial charge in [-0.15, -0.1) is 0 Å². The van der Waals surface area contributed by atoms with Crippen LogP contribution in [0.25, 0.3) is 0 Å². The largest absolute Gasteiger partial charge is 0.272 e. The lowest BCUT2D eigenvalue weighted by Gasteiger charge is -2.28. The first-order chi connectivity index (χ1) is 16.5. The minimum absolute atomic E-state index is 0.143. The molecule has 3 atom stereocenters. The molecule has 0 fully saturated rings. The van der Waals surface area contributed by atoms with Crippen LogP contribution in [0.15, 0.2) is 99.6 Å². The fourth-order valence-electron chi connectivity index (χ4n) is 4.76. The Hall–Kier alpha value is -3.58. The third-order valence-corrected chi connectivity index (χ3v) is 6.87. The van der Waals surface area contributed by atoms with E-state index in [1.807, 2.05) is 98.8 Å². The highest BCUT2D eigenvalue weighted by Crippen LogP contribution is 2.42. The number of hydrogen-bond donors (Lipinski definition) is 0. The Kier molecular flexibility index (Phi) is 5.87. The van der Waals surface area contributed by atoms with E-state index in [0.717, 1.165) is 10.0 Å². The maximum atomic E-state index is 13.8. The van der Waals surface area contributed by atoms with E-state index in [1.54, 1.807) is 0 Å². The quantitative estimate of drug-likeness (QED) is 0.444. The van der Waals surface area contributed by atoms with Gasteiger partial charge in [0.05, 0.1) is 23.2 Å². The lowest BCUT2D eigenvalue weighted by molar-refractivity contribution is -0.122. The molecule has 0 saturated carbocycles. The van der Waals surface area contributed by atoms with Gasteiger partial charge in [0.1, 0.15) is 0 Å². The molecule has 0 saturated heterocycles. The predicted molar refractivity (Wildman–Crippen MR) is 138 cm³/mol. The Bertz CT molecular complexity index is 1210. The normalized spacial score (nSPS) is 21.0. The van der Waals surface area contributed by atoms with Crippen LogP contribution in [0.2, 0.25) is 0 Å². The monoisotopic (exact) mass is 514 g/mol. The molecule has 3 aromatic carbocycles. The molecule has 0 N–H and O–H groups in total. The number of halogens is 1. The van der Waals surface area contributed by atoms with Crippen LogP contribution >= 0.6 is 15.9 Å². The number of rotatable bonds is 5. The molecule has 170 valence electrons. The highest BCUT2D eigenvalue weighted by Gasteiger charge is 2.50. The second-order valence-corrected chi connectivity index (χ2v) is 9.40. The molecule has 0 bridgehead atoms. The van der Waals surface area contributed by atoms with Crippen molar-refractivity contribution in [2.75, 3.05) is 10.0 Å². The third kappa shape index (κ3) is 3.86. The molecule has 0 spiro atoms. The highest BCUT2D eigenvalue weighted by molar-refractivity contribution is 9.10. The van der Waals surface area contributed by atoms with Gasteiger partial charge in [-0.2, -0.15) is 10.2 Å². The van der Waals surface area contributed by atoms with Crippen LogP contribution in [0.4, 0.5) is 11.4 Å². The average molecular weight is 515 g/mol. The Morgan fingerprint density at radius 2 is 1.09 bits per heavy atom. The number of carbonyl (C=O) groups is 2. The molecule has 2 heterocycles. The van der Waals surface area contributed by atoms with Crippen LogP contribution in [0, 0.1) is 11.8 Å². The van der Waals surface area contributed by atoms with Crippen molar-refractivity contribution in [2.45, 2.75) is 19.8 Å². The van der Waals surface area contributed by atoms with Gasteiger partial charge in [-0.1, -0.05) is 64.5 Å². The summed E-state index contributed by atoms with van der Waals surface area (Å²) < 4.78 is 0.929. The van der Waals surface area contributed by atoms with Gasteiger partial charge in [-0.25, -0.2) is 10.0 Å². The van der Waals surface area contributed by atoms with E-state index >= 15 is 0 Å². The number of anilines is 2. The van der Waals surface area contributed by atoms with Crippen molar-refractivity contribution in [1.82, 2.24) is 0 Å². The minimum atomic E-state index is -0.587. The first-order valence-corrected chi connectivity index (χ1v) is 11.9. The van der Waals surface area contributed by atoms with Crippen LogP contribution in [-0.4, -0.2) is 23.2 Å². The summed E-state index contributed by atoms with van der Waals surface area (Å²) >= 11 is 3.49. The molecular formula is C27H23BrN4O2. The Morgan fingerprint density at radius 3 is 1.50 bits per heavy atom. The number of carbonyl (C=O) groups excluding carboxylic acids is 2. The van der Waals surface area contributed by atoms with E-state index in [-0.39, 0.29) is 11.8 Å². The molecule has 0 aliphatic carbocycles. The highest BCUT2D eigenvalue weighted by atomic mass is 79.9. The molecule has 3 aromatic rings. The lowest BCUT2D eigenvalue weighted by atomic mass is 9.73. The molecule has 5 rings (SSSR count). The molecular weight excluding hydrogens is 492 g/mol. The van der Waals surface area contributed by atoms with E-state index in [0.29, 0.717) is 22.8 Å². The van der Waals surface area contributed by atoms with Crippen LogP contribution in [0.3, 0.4) is 0 Å².